The first kappa shape index (κ1) is 14.9. The molecule has 1 N–H and O–H groups in total. The van der Waals surface area contributed by atoms with E-state index in [2.05, 4.69) is 28.6 Å². The SMILES string of the molecule is CCC1CCC(n2c(SCC(=O)O)nnc2C2CC2)C1C. The Hall–Kier alpha value is -1.04. The van der Waals surface area contributed by atoms with Crippen molar-refractivity contribution in [1.82, 2.24) is 14.8 Å². The molecule has 1 heterocycles. The largest absolute Gasteiger partial charge is 0.481 e. The molecule has 1 aromatic rings. The van der Waals surface area contributed by atoms with Crippen molar-refractivity contribution in [3.8, 4) is 0 Å². The Morgan fingerprint density at radius 1 is 1.33 bits per heavy atom. The maximum Gasteiger partial charge on any atom is 0.313 e. The molecule has 116 valence electrons. The summed E-state index contributed by atoms with van der Waals surface area (Å²) in [5.41, 5.74) is 0. The molecule has 0 radical (unpaired) electrons. The fraction of sp³-hybridized carbons (Fsp3) is 0.800. The summed E-state index contributed by atoms with van der Waals surface area (Å²) in [6.07, 6.45) is 6.03. The van der Waals surface area contributed by atoms with Crippen LogP contribution in [0.4, 0.5) is 0 Å². The minimum absolute atomic E-state index is 0.0567. The summed E-state index contributed by atoms with van der Waals surface area (Å²) in [4.78, 5) is 10.8. The van der Waals surface area contributed by atoms with Gasteiger partial charge in [0.05, 0.1) is 5.75 Å². The highest BCUT2D eigenvalue weighted by Crippen LogP contribution is 2.47. The van der Waals surface area contributed by atoms with Crippen molar-refractivity contribution in [3.05, 3.63) is 5.82 Å². The molecule has 0 amide bonds. The molecule has 2 aliphatic carbocycles. The summed E-state index contributed by atoms with van der Waals surface area (Å²) in [6.45, 7) is 4.59. The first-order valence-corrected chi connectivity index (χ1v) is 8.89. The second-order valence-corrected chi connectivity index (χ2v) is 7.28. The van der Waals surface area contributed by atoms with E-state index in [1.807, 2.05) is 0 Å². The third-order valence-corrected chi connectivity index (χ3v) is 5.93. The third kappa shape index (κ3) is 2.96. The number of carbonyl (C=O) groups is 1. The Labute approximate surface area is 129 Å². The van der Waals surface area contributed by atoms with E-state index >= 15 is 0 Å². The molecular formula is C15H23N3O2S. The smallest absolute Gasteiger partial charge is 0.313 e. The molecule has 3 atom stereocenters. The molecule has 3 rings (SSSR count). The highest BCUT2D eigenvalue weighted by atomic mass is 32.2. The number of nitrogens with zero attached hydrogens (tertiary/aromatic N) is 3. The highest BCUT2D eigenvalue weighted by Gasteiger charge is 2.39. The molecule has 21 heavy (non-hydrogen) atoms. The molecule has 0 spiro atoms. The number of aromatic nitrogens is 3. The van der Waals surface area contributed by atoms with E-state index in [9.17, 15) is 4.79 Å². The lowest BCUT2D eigenvalue weighted by atomic mass is 9.93. The van der Waals surface area contributed by atoms with E-state index in [1.165, 1.54) is 37.4 Å². The van der Waals surface area contributed by atoms with E-state index in [0.717, 1.165) is 23.3 Å². The van der Waals surface area contributed by atoms with Crippen LogP contribution in [0.3, 0.4) is 0 Å². The molecule has 5 nitrogen and oxygen atoms in total. The van der Waals surface area contributed by atoms with Gasteiger partial charge >= 0.3 is 5.97 Å². The van der Waals surface area contributed by atoms with Crippen LogP contribution in [0.2, 0.25) is 0 Å². The average molecular weight is 309 g/mol. The summed E-state index contributed by atoms with van der Waals surface area (Å²) in [5, 5.41) is 18.4. The van der Waals surface area contributed by atoms with Crippen molar-refractivity contribution in [2.24, 2.45) is 11.8 Å². The van der Waals surface area contributed by atoms with Gasteiger partial charge in [-0.2, -0.15) is 0 Å². The number of aliphatic carboxylic acids is 1. The zero-order chi connectivity index (χ0) is 15.0. The minimum atomic E-state index is -0.798. The fourth-order valence-electron chi connectivity index (χ4n) is 3.61. The summed E-state index contributed by atoms with van der Waals surface area (Å²) < 4.78 is 2.28. The second-order valence-electron chi connectivity index (χ2n) is 6.34. The normalized spacial score (nSPS) is 29.0. The van der Waals surface area contributed by atoms with E-state index in [1.54, 1.807) is 0 Å². The molecule has 0 aliphatic heterocycles. The van der Waals surface area contributed by atoms with Gasteiger partial charge < -0.3 is 9.67 Å². The molecule has 0 bridgehead atoms. The van der Waals surface area contributed by atoms with Gasteiger partial charge in [-0.1, -0.05) is 32.0 Å². The Morgan fingerprint density at radius 2 is 2.10 bits per heavy atom. The van der Waals surface area contributed by atoms with Crippen molar-refractivity contribution < 1.29 is 9.90 Å². The van der Waals surface area contributed by atoms with E-state index in [4.69, 9.17) is 5.11 Å². The van der Waals surface area contributed by atoms with Gasteiger partial charge in [-0.3, -0.25) is 4.79 Å². The molecule has 3 unspecified atom stereocenters. The molecular weight excluding hydrogens is 286 g/mol. The number of carboxylic acid groups (broad SMARTS) is 1. The molecule has 2 saturated carbocycles. The first-order valence-electron chi connectivity index (χ1n) is 7.91. The van der Waals surface area contributed by atoms with Gasteiger partial charge in [0.1, 0.15) is 5.82 Å². The number of carboxylic acids is 1. The maximum atomic E-state index is 10.8. The fourth-order valence-corrected chi connectivity index (χ4v) is 4.33. The average Bonchev–Trinajstić information content (AvgIpc) is 3.11. The van der Waals surface area contributed by atoms with Gasteiger partial charge in [0.2, 0.25) is 0 Å². The molecule has 0 saturated heterocycles. The van der Waals surface area contributed by atoms with Crippen LogP contribution in [0.1, 0.15) is 63.7 Å². The Bertz CT molecular complexity index is 527. The lowest BCUT2D eigenvalue weighted by Crippen LogP contribution is -2.18. The van der Waals surface area contributed by atoms with Crippen LogP contribution >= 0.6 is 11.8 Å². The number of thioether (sulfide) groups is 1. The zero-order valence-corrected chi connectivity index (χ0v) is 13.5. The van der Waals surface area contributed by atoms with Gasteiger partial charge in [0.25, 0.3) is 0 Å². The predicted octanol–water partition coefficient (Wildman–Crippen LogP) is 3.33. The lowest BCUT2D eigenvalue weighted by Gasteiger charge is -2.23. The summed E-state index contributed by atoms with van der Waals surface area (Å²) in [6, 6.07) is 0.442. The van der Waals surface area contributed by atoms with Gasteiger partial charge in [-0.15, -0.1) is 10.2 Å². The number of hydrogen-bond donors (Lipinski definition) is 1. The standard InChI is InChI=1S/C15H23N3O2S/c1-3-10-6-7-12(9(10)2)18-14(11-4-5-11)16-17-15(18)21-8-13(19)20/h9-12H,3-8H2,1-2H3,(H,19,20). The molecule has 0 aromatic carbocycles. The lowest BCUT2D eigenvalue weighted by molar-refractivity contribution is -0.133. The second kappa shape index (κ2) is 5.99. The quantitative estimate of drug-likeness (QED) is 0.816. The van der Waals surface area contributed by atoms with Crippen LogP contribution in [0.15, 0.2) is 5.16 Å². The minimum Gasteiger partial charge on any atom is -0.481 e. The number of hydrogen-bond acceptors (Lipinski definition) is 4. The first-order chi connectivity index (χ1) is 10.1. The molecule has 1 aromatic heterocycles. The third-order valence-electron chi connectivity index (χ3n) is 5.00. The van der Waals surface area contributed by atoms with Crippen LogP contribution in [-0.4, -0.2) is 31.6 Å². The van der Waals surface area contributed by atoms with Crippen LogP contribution in [0.5, 0.6) is 0 Å². The van der Waals surface area contributed by atoms with Crippen LogP contribution in [0, 0.1) is 11.8 Å². The van der Waals surface area contributed by atoms with Crippen molar-refractivity contribution in [1.29, 1.82) is 0 Å². The molecule has 2 aliphatic rings. The van der Waals surface area contributed by atoms with Crippen molar-refractivity contribution in [2.45, 2.75) is 63.1 Å². The molecule has 2 fully saturated rings. The summed E-state index contributed by atoms with van der Waals surface area (Å²) >= 11 is 1.31. The van der Waals surface area contributed by atoms with Crippen LogP contribution in [-0.2, 0) is 4.79 Å². The summed E-state index contributed by atoms with van der Waals surface area (Å²) in [7, 11) is 0. The van der Waals surface area contributed by atoms with Gasteiger partial charge in [-0.25, -0.2) is 0 Å². The Kier molecular flexibility index (Phi) is 4.24. The topological polar surface area (TPSA) is 68.0 Å². The molecule has 6 heteroatoms. The number of rotatable bonds is 6. The van der Waals surface area contributed by atoms with E-state index in [0.29, 0.717) is 17.9 Å². The summed E-state index contributed by atoms with van der Waals surface area (Å²) in [5.74, 6) is 2.28. The van der Waals surface area contributed by atoms with Gasteiger partial charge in [-0.05, 0) is 37.5 Å². The highest BCUT2D eigenvalue weighted by molar-refractivity contribution is 7.99. The Morgan fingerprint density at radius 3 is 2.67 bits per heavy atom. The van der Waals surface area contributed by atoms with E-state index in [-0.39, 0.29) is 5.75 Å². The van der Waals surface area contributed by atoms with E-state index < -0.39 is 5.97 Å². The zero-order valence-electron chi connectivity index (χ0n) is 12.7. The van der Waals surface area contributed by atoms with Crippen molar-refractivity contribution >= 4 is 17.7 Å². The maximum absolute atomic E-state index is 10.8. The predicted molar refractivity (Wildman–Crippen MR) is 81.6 cm³/mol. The Balaban J connectivity index is 1.87. The van der Waals surface area contributed by atoms with Crippen LogP contribution in [0.25, 0.3) is 0 Å². The van der Waals surface area contributed by atoms with Gasteiger partial charge in [0.15, 0.2) is 5.16 Å². The monoisotopic (exact) mass is 309 g/mol. The van der Waals surface area contributed by atoms with Crippen molar-refractivity contribution in [2.75, 3.05) is 5.75 Å². The van der Waals surface area contributed by atoms with Crippen molar-refractivity contribution in [3.63, 3.8) is 0 Å². The van der Waals surface area contributed by atoms with Crippen LogP contribution < -0.4 is 0 Å². The van der Waals surface area contributed by atoms with Gasteiger partial charge in [0, 0.05) is 12.0 Å².